The van der Waals surface area contributed by atoms with Crippen LogP contribution in [0.2, 0.25) is 10.0 Å². The van der Waals surface area contributed by atoms with Crippen molar-refractivity contribution in [1.29, 1.82) is 0 Å². The summed E-state index contributed by atoms with van der Waals surface area (Å²) in [5, 5.41) is 9.36. The molecule has 2 aromatic rings. The van der Waals surface area contributed by atoms with Gasteiger partial charge in [0.15, 0.2) is 0 Å². The van der Waals surface area contributed by atoms with Crippen LogP contribution in [0.3, 0.4) is 0 Å². The number of halogens is 3. The molecule has 0 amide bonds. The van der Waals surface area contributed by atoms with Crippen LogP contribution in [0.5, 0.6) is 0 Å². The molecule has 0 unspecified atom stereocenters. The highest BCUT2D eigenvalue weighted by atomic mass is 35.5. The summed E-state index contributed by atoms with van der Waals surface area (Å²) in [6.07, 6.45) is 0. The Labute approximate surface area is 121 Å². The van der Waals surface area contributed by atoms with Gasteiger partial charge in [-0.2, -0.15) is 0 Å². The third-order valence-electron chi connectivity index (χ3n) is 2.61. The SMILES string of the molecule is CC(C)n1nnc(-c2c(Cl)cccc2Cl)c1CCl. The summed E-state index contributed by atoms with van der Waals surface area (Å²) >= 11 is 18.3. The molecule has 0 aliphatic heterocycles. The van der Waals surface area contributed by atoms with Crippen molar-refractivity contribution in [2.24, 2.45) is 0 Å². The van der Waals surface area contributed by atoms with Crippen molar-refractivity contribution in [1.82, 2.24) is 15.0 Å². The molecule has 0 saturated heterocycles. The maximum atomic E-state index is 6.18. The first-order valence-electron chi connectivity index (χ1n) is 5.50. The molecule has 6 heteroatoms. The average molecular weight is 305 g/mol. The van der Waals surface area contributed by atoms with Gasteiger partial charge in [0.1, 0.15) is 5.69 Å². The van der Waals surface area contributed by atoms with Gasteiger partial charge in [0.25, 0.3) is 0 Å². The van der Waals surface area contributed by atoms with Crippen molar-refractivity contribution < 1.29 is 0 Å². The van der Waals surface area contributed by atoms with Crippen molar-refractivity contribution in [3.8, 4) is 11.3 Å². The van der Waals surface area contributed by atoms with Crippen molar-refractivity contribution in [2.75, 3.05) is 0 Å². The summed E-state index contributed by atoms with van der Waals surface area (Å²) in [5.74, 6) is 0.308. The van der Waals surface area contributed by atoms with Crippen molar-refractivity contribution >= 4 is 34.8 Å². The summed E-state index contributed by atoms with van der Waals surface area (Å²) in [6, 6.07) is 5.52. The van der Waals surface area contributed by atoms with E-state index in [1.165, 1.54) is 0 Å². The van der Waals surface area contributed by atoms with Gasteiger partial charge in [-0.25, -0.2) is 4.68 Å². The average Bonchev–Trinajstić information content (AvgIpc) is 2.72. The van der Waals surface area contributed by atoms with Gasteiger partial charge < -0.3 is 0 Å². The molecule has 0 radical (unpaired) electrons. The first-order chi connectivity index (χ1) is 8.56. The molecule has 2 rings (SSSR count). The van der Waals surface area contributed by atoms with E-state index in [0.717, 1.165) is 5.69 Å². The molecule has 96 valence electrons. The standard InChI is InChI=1S/C12H12Cl3N3/c1-7(2)18-10(6-13)12(16-17-18)11-8(14)4-3-5-9(11)15/h3-5,7H,6H2,1-2H3. The predicted octanol–water partition coefficient (Wildman–Crippen LogP) is 4.57. The maximum Gasteiger partial charge on any atom is 0.120 e. The molecule has 18 heavy (non-hydrogen) atoms. The molecule has 1 aromatic carbocycles. The van der Waals surface area contributed by atoms with E-state index >= 15 is 0 Å². The van der Waals surface area contributed by atoms with Crippen LogP contribution in [0.15, 0.2) is 18.2 Å². The van der Waals surface area contributed by atoms with Crippen LogP contribution in [0.25, 0.3) is 11.3 Å². The minimum absolute atomic E-state index is 0.182. The molecule has 0 saturated carbocycles. The lowest BCUT2D eigenvalue weighted by Crippen LogP contribution is -2.06. The van der Waals surface area contributed by atoms with Gasteiger partial charge >= 0.3 is 0 Å². The molecular formula is C12H12Cl3N3. The van der Waals surface area contributed by atoms with Gasteiger partial charge in [-0.15, -0.1) is 16.7 Å². The second kappa shape index (κ2) is 5.47. The van der Waals surface area contributed by atoms with E-state index in [1.807, 2.05) is 13.8 Å². The summed E-state index contributed by atoms with van der Waals surface area (Å²) in [6.45, 7) is 4.03. The van der Waals surface area contributed by atoms with Crippen LogP contribution in [0, 0.1) is 0 Å². The van der Waals surface area contributed by atoms with Crippen LogP contribution in [-0.2, 0) is 5.88 Å². The number of rotatable bonds is 3. The lowest BCUT2D eigenvalue weighted by molar-refractivity contribution is 0.501. The molecule has 1 aromatic heterocycles. The smallest absolute Gasteiger partial charge is 0.120 e. The van der Waals surface area contributed by atoms with Crippen LogP contribution in [0.1, 0.15) is 25.6 Å². The van der Waals surface area contributed by atoms with E-state index in [0.29, 0.717) is 27.2 Å². The van der Waals surface area contributed by atoms with Gasteiger partial charge in [0.05, 0.1) is 21.6 Å². The highest BCUT2D eigenvalue weighted by molar-refractivity contribution is 6.39. The predicted molar refractivity (Wildman–Crippen MR) is 75.4 cm³/mol. The van der Waals surface area contributed by atoms with Crippen LogP contribution in [-0.4, -0.2) is 15.0 Å². The fraction of sp³-hybridized carbons (Fsp3) is 0.333. The second-order valence-corrected chi connectivity index (χ2v) is 5.24. The maximum absolute atomic E-state index is 6.18. The molecular weight excluding hydrogens is 293 g/mol. The molecule has 3 nitrogen and oxygen atoms in total. The highest BCUT2D eigenvalue weighted by Crippen LogP contribution is 2.36. The number of hydrogen-bond acceptors (Lipinski definition) is 2. The number of nitrogens with zero attached hydrogens (tertiary/aromatic N) is 3. The molecule has 0 aliphatic carbocycles. The van der Waals surface area contributed by atoms with Crippen molar-refractivity contribution in [3.05, 3.63) is 33.9 Å². The third-order valence-corrected chi connectivity index (χ3v) is 3.49. The topological polar surface area (TPSA) is 30.7 Å². The fourth-order valence-electron chi connectivity index (χ4n) is 1.77. The minimum atomic E-state index is 0.182. The number of hydrogen-bond donors (Lipinski definition) is 0. The lowest BCUT2D eigenvalue weighted by Gasteiger charge is -2.09. The molecule has 0 atom stereocenters. The van der Waals surface area contributed by atoms with E-state index in [4.69, 9.17) is 34.8 Å². The van der Waals surface area contributed by atoms with Gasteiger partial charge in [0.2, 0.25) is 0 Å². The quantitative estimate of drug-likeness (QED) is 0.778. The Morgan fingerprint density at radius 2 is 1.83 bits per heavy atom. The molecule has 0 N–H and O–H groups in total. The summed E-state index contributed by atoms with van der Waals surface area (Å²) in [7, 11) is 0. The third kappa shape index (κ3) is 2.35. The van der Waals surface area contributed by atoms with E-state index in [-0.39, 0.29) is 6.04 Å². The van der Waals surface area contributed by atoms with E-state index < -0.39 is 0 Å². The zero-order valence-corrected chi connectivity index (χ0v) is 12.3. The van der Waals surface area contributed by atoms with E-state index in [1.54, 1.807) is 22.9 Å². The van der Waals surface area contributed by atoms with Crippen LogP contribution >= 0.6 is 34.8 Å². The Kier molecular flexibility index (Phi) is 4.15. The normalized spacial score (nSPS) is 11.2. The number of aromatic nitrogens is 3. The zero-order chi connectivity index (χ0) is 13.3. The Morgan fingerprint density at radius 3 is 2.33 bits per heavy atom. The van der Waals surface area contributed by atoms with Crippen LogP contribution in [0.4, 0.5) is 0 Å². The van der Waals surface area contributed by atoms with Gasteiger partial charge in [-0.05, 0) is 26.0 Å². The molecule has 1 heterocycles. The van der Waals surface area contributed by atoms with Gasteiger partial charge in [-0.1, -0.05) is 34.5 Å². The first kappa shape index (κ1) is 13.7. The zero-order valence-electron chi connectivity index (χ0n) is 9.99. The Balaban J connectivity index is 2.65. The lowest BCUT2D eigenvalue weighted by atomic mass is 10.1. The molecule has 0 fully saturated rings. The summed E-state index contributed by atoms with van der Waals surface area (Å²) in [5.41, 5.74) is 2.15. The number of benzene rings is 1. The first-order valence-corrected chi connectivity index (χ1v) is 6.79. The van der Waals surface area contributed by atoms with E-state index in [2.05, 4.69) is 10.3 Å². The van der Waals surface area contributed by atoms with E-state index in [9.17, 15) is 0 Å². The van der Waals surface area contributed by atoms with Crippen molar-refractivity contribution in [3.63, 3.8) is 0 Å². The Hall–Kier alpha value is -0.770. The summed E-state index contributed by atoms with van der Waals surface area (Å²) < 4.78 is 1.78. The van der Waals surface area contributed by atoms with Gasteiger partial charge in [0, 0.05) is 11.6 Å². The second-order valence-electron chi connectivity index (χ2n) is 4.15. The largest absolute Gasteiger partial charge is 0.245 e. The highest BCUT2D eigenvalue weighted by Gasteiger charge is 2.19. The fourth-order valence-corrected chi connectivity index (χ4v) is 2.60. The Morgan fingerprint density at radius 1 is 1.22 bits per heavy atom. The number of alkyl halides is 1. The summed E-state index contributed by atoms with van der Waals surface area (Å²) in [4.78, 5) is 0. The van der Waals surface area contributed by atoms with Crippen LogP contribution < -0.4 is 0 Å². The van der Waals surface area contributed by atoms with Gasteiger partial charge in [-0.3, -0.25) is 0 Å². The monoisotopic (exact) mass is 303 g/mol. The molecule has 0 aliphatic rings. The molecule has 0 bridgehead atoms. The minimum Gasteiger partial charge on any atom is -0.245 e. The molecule has 0 spiro atoms. The van der Waals surface area contributed by atoms with Crippen molar-refractivity contribution in [2.45, 2.75) is 25.8 Å². The Bertz CT molecular complexity index is 543.